The number of hydrogen-bond donors (Lipinski definition) is 2. The summed E-state index contributed by atoms with van der Waals surface area (Å²) in [6.45, 7) is 1.97. The first-order valence-corrected chi connectivity index (χ1v) is 8.64. The van der Waals surface area contributed by atoms with Gasteiger partial charge in [-0.2, -0.15) is 0 Å². The zero-order chi connectivity index (χ0) is 16.9. The predicted octanol–water partition coefficient (Wildman–Crippen LogP) is 5.05. The standard InChI is InChI=1S/C19H16BrFN2O/c1-11-8-12(20)2-5-16(11)23-18(24)19(6-7-19)15-10-22-17-9-13(21)3-4-14(15)17/h2-5,8-10,22H,6-7H2,1H3,(H,23,24). The van der Waals surface area contributed by atoms with E-state index in [1.165, 1.54) is 12.1 Å². The van der Waals surface area contributed by atoms with Crippen LogP contribution >= 0.6 is 15.9 Å². The lowest BCUT2D eigenvalue weighted by molar-refractivity contribution is -0.118. The van der Waals surface area contributed by atoms with E-state index >= 15 is 0 Å². The minimum atomic E-state index is -0.518. The van der Waals surface area contributed by atoms with E-state index in [-0.39, 0.29) is 11.7 Å². The minimum Gasteiger partial charge on any atom is -0.361 e. The van der Waals surface area contributed by atoms with Crippen molar-refractivity contribution in [3.8, 4) is 0 Å². The van der Waals surface area contributed by atoms with E-state index < -0.39 is 5.41 Å². The van der Waals surface area contributed by atoms with Gasteiger partial charge in [-0.3, -0.25) is 4.79 Å². The minimum absolute atomic E-state index is 0.00172. The second kappa shape index (κ2) is 5.45. The number of benzene rings is 2. The maximum atomic E-state index is 13.4. The van der Waals surface area contributed by atoms with E-state index in [9.17, 15) is 9.18 Å². The zero-order valence-corrected chi connectivity index (χ0v) is 14.7. The Morgan fingerprint density at radius 2 is 2.04 bits per heavy atom. The fourth-order valence-electron chi connectivity index (χ4n) is 3.25. The van der Waals surface area contributed by atoms with Crippen LogP contribution in [-0.4, -0.2) is 10.9 Å². The zero-order valence-electron chi connectivity index (χ0n) is 13.1. The Morgan fingerprint density at radius 1 is 1.25 bits per heavy atom. The topological polar surface area (TPSA) is 44.9 Å². The normalized spacial score (nSPS) is 15.5. The molecule has 0 atom stereocenters. The van der Waals surface area contributed by atoms with Crippen LogP contribution in [0.1, 0.15) is 24.0 Å². The van der Waals surface area contributed by atoms with Crippen molar-refractivity contribution in [2.24, 2.45) is 0 Å². The first-order valence-electron chi connectivity index (χ1n) is 7.84. The quantitative estimate of drug-likeness (QED) is 0.649. The van der Waals surface area contributed by atoms with Gasteiger partial charge < -0.3 is 10.3 Å². The third-order valence-corrected chi connectivity index (χ3v) is 5.27. The summed E-state index contributed by atoms with van der Waals surface area (Å²) in [5, 5.41) is 3.97. The molecule has 2 aromatic carbocycles. The Balaban J connectivity index is 1.68. The Kier molecular flexibility index (Phi) is 3.49. The molecule has 1 aliphatic rings. The Morgan fingerprint density at radius 3 is 2.75 bits per heavy atom. The molecule has 0 bridgehead atoms. The number of H-pyrrole nitrogens is 1. The molecule has 1 amide bonds. The lowest BCUT2D eigenvalue weighted by atomic mass is 9.94. The summed E-state index contributed by atoms with van der Waals surface area (Å²) in [5.74, 6) is -0.283. The number of carbonyl (C=O) groups excluding carboxylic acids is 1. The molecule has 24 heavy (non-hydrogen) atoms. The number of aryl methyl sites for hydroxylation is 1. The summed E-state index contributed by atoms with van der Waals surface area (Å²) in [5.41, 5.74) is 2.99. The number of nitrogens with one attached hydrogen (secondary N) is 2. The van der Waals surface area contributed by atoms with E-state index in [1.807, 2.05) is 31.3 Å². The van der Waals surface area contributed by atoms with Crippen molar-refractivity contribution in [1.29, 1.82) is 0 Å². The van der Waals surface area contributed by atoms with Gasteiger partial charge in [-0.1, -0.05) is 15.9 Å². The van der Waals surface area contributed by atoms with Crippen LogP contribution in [0.3, 0.4) is 0 Å². The Labute approximate surface area is 147 Å². The van der Waals surface area contributed by atoms with Gasteiger partial charge in [0.15, 0.2) is 0 Å². The molecular formula is C19H16BrFN2O. The van der Waals surface area contributed by atoms with Crippen LogP contribution in [0.15, 0.2) is 47.1 Å². The number of aromatic nitrogens is 1. The van der Waals surface area contributed by atoms with Crippen molar-refractivity contribution in [3.63, 3.8) is 0 Å². The lowest BCUT2D eigenvalue weighted by Gasteiger charge is -2.16. The fourth-order valence-corrected chi connectivity index (χ4v) is 3.72. The number of carbonyl (C=O) groups is 1. The van der Waals surface area contributed by atoms with Crippen LogP contribution in [0.5, 0.6) is 0 Å². The molecule has 1 aromatic heterocycles. The van der Waals surface area contributed by atoms with Crippen molar-refractivity contribution < 1.29 is 9.18 Å². The number of amides is 1. The highest BCUT2D eigenvalue weighted by Gasteiger charge is 2.52. The molecule has 0 radical (unpaired) electrons. The molecular weight excluding hydrogens is 371 g/mol. The van der Waals surface area contributed by atoms with Crippen molar-refractivity contribution in [2.75, 3.05) is 5.32 Å². The second-order valence-corrected chi connectivity index (χ2v) is 7.30. The predicted molar refractivity (Wildman–Crippen MR) is 96.7 cm³/mol. The van der Waals surface area contributed by atoms with E-state index in [1.54, 1.807) is 6.07 Å². The number of anilines is 1. The summed E-state index contributed by atoms with van der Waals surface area (Å²) in [6, 6.07) is 10.4. The van der Waals surface area contributed by atoms with Gasteiger partial charge in [0.1, 0.15) is 5.82 Å². The van der Waals surface area contributed by atoms with Crippen molar-refractivity contribution >= 4 is 38.4 Å². The summed E-state index contributed by atoms with van der Waals surface area (Å²) >= 11 is 3.43. The SMILES string of the molecule is Cc1cc(Br)ccc1NC(=O)C1(c2c[nH]c3cc(F)ccc23)CC1. The molecule has 1 heterocycles. The molecule has 122 valence electrons. The molecule has 1 aliphatic carbocycles. The van der Waals surface area contributed by atoms with Crippen LogP contribution in [0.25, 0.3) is 10.9 Å². The molecule has 3 nitrogen and oxygen atoms in total. The summed E-state index contributed by atoms with van der Waals surface area (Å²) in [6.07, 6.45) is 3.45. The van der Waals surface area contributed by atoms with Gasteiger partial charge in [0, 0.05) is 27.3 Å². The maximum Gasteiger partial charge on any atom is 0.235 e. The molecule has 0 saturated heterocycles. The van der Waals surface area contributed by atoms with Gasteiger partial charge in [-0.05, 0) is 67.3 Å². The summed E-state index contributed by atoms with van der Waals surface area (Å²) in [7, 11) is 0. The van der Waals surface area contributed by atoms with Crippen LogP contribution in [-0.2, 0) is 10.2 Å². The summed E-state index contributed by atoms with van der Waals surface area (Å²) < 4.78 is 14.4. The van der Waals surface area contributed by atoms with Crippen LogP contribution in [0, 0.1) is 12.7 Å². The lowest BCUT2D eigenvalue weighted by Crippen LogP contribution is -2.28. The van der Waals surface area contributed by atoms with E-state index in [2.05, 4.69) is 26.2 Å². The van der Waals surface area contributed by atoms with Gasteiger partial charge in [0.25, 0.3) is 0 Å². The van der Waals surface area contributed by atoms with Gasteiger partial charge in [0.05, 0.1) is 5.41 Å². The number of hydrogen-bond acceptors (Lipinski definition) is 1. The average molecular weight is 387 g/mol. The molecule has 3 aromatic rings. The largest absolute Gasteiger partial charge is 0.361 e. The fraction of sp³-hybridized carbons (Fsp3) is 0.211. The first kappa shape index (κ1) is 15.4. The molecule has 0 spiro atoms. The van der Waals surface area contributed by atoms with Crippen molar-refractivity contribution in [2.45, 2.75) is 25.2 Å². The van der Waals surface area contributed by atoms with E-state index in [0.717, 1.165) is 45.0 Å². The smallest absolute Gasteiger partial charge is 0.235 e. The van der Waals surface area contributed by atoms with Crippen LogP contribution < -0.4 is 5.32 Å². The third kappa shape index (κ3) is 2.44. The van der Waals surface area contributed by atoms with Crippen LogP contribution in [0.2, 0.25) is 0 Å². The summed E-state index contributed by atoms with van der Waals surface area (Å²) in [4.78, 5) is 16.0. The van der Waals surface area contributed by atoms with E-state index in [0.29, 0.717) is 0 Å². The molecule has 0 aliphatic heterocycles. The number of rotatable bonds is 3. The first-order chi connectivity index (χ1) is 11.5. The molecule has 1 fully saturated rings. The molecule has 4 rings (SSSR count). The maximum absolute atomic E-state index is 13.4. The average Bonchev–Trinajstić information content (AvgIpc) is 3.24. The molecule has 5 heteroatoms. The Hall–Kier alpha value is -2.14. The van der Waals surface area contributed by atoms with Crippen molar-refractivity contribution in [3.05, 3.63) is 64.0 Å². The second-order valence-electron chi connectivity index (χ2n) is 6.39. The van der Waals surface area contributed by atoms with E-state index in [4.69, 9.17) is 0 Å². The highest BCUT2D eigenvalue weighted by molar-refractivity contribution is 9.10. The highest BCUT2D eigenvalue weighted by atomic mass is 79.9. The van der Waals surface area contributed by atoms with Crippen molar-refractivity contribution in [1.82, 2.24) is 4.98 Å². The Bertz CT molecular complexity index is 959. The van der Waals surface area contributed by atoms with Gasteiger partial charge in [-0.25, -0.2) is 4.39 Å². The van der Waals surface area contributed by atoms with Crippen LogP contribution in [0.4, 0.5) is 10.1 Å². The van der Waals surface area contributed by atoms with Gasteiger partial charge in [0.2, 0.25) is 5.91 Å². The molecule has 1 saturated carbocycles. The number of fused-ring (bicyclic) bond motifs is 1. The number of halogens is 2. The van der Waals surface area contributed by atoms with Gasteiger partial charge in [-0.15, -0.1) is 0 Å². The number of aromatic amines is 1. The highest BCUT2D eigenvalue weighted by Crippen LogP contribution is 2.51. The molecule has 0 unspecified atom stereocenters. The monoisotopic (exact) mass is 386 g/mol. The molecule has 2 N–H and O–H groups in total. The van der Waals surface area contributed by atoms with Gasteiger partial charge >= 0.3 is 0 Å². The third-order valence-electron chi connectivity index (χ3n) is 4.78.